The number of halogens is 1. The highest BCUT2D eigenvalue weighted by Gasteiger charge is 2.15. The summed E-state index contributed by atoms with van der Waals surface area (Å²) in [6, 6.07) is 19.1. The Morgan fingerprint density at radius 3 is 2.62 bits per heavy atom. The lowest BCUT2D eigenvalue weighted by Crippen LogP contribution is -2.29. The first kappa shape index (κ1) is 23.9. The summed E-state index contributed by atoms with van der Waals surface area (Å²) in [6.45, 7) is 0.551. The second-order valence-corrected chi connectivity index (χ2v) is 8.56. The highest BCUT2D eigenvalue weighted by molar-refractivity contribution is 5.92. The number of hydrogen-bond donors (Lipinski definition) is 1. The second-order valence-electron chi connectivity index (χ2n) is 8.56. The lowest BCUT2D eigenvalue weighted by molar-refractivity contribution is 0.0790. The van der Waals surface area contributed by atoms with Gasteiger partial charge < -0.3 is 19.5 Å². The first-order valence-electron chi connectivity index (χ1n) is 11.7. The molecule has 5 aromatic rings. The molecule has 0 aliphatic carbocycles. The molecule has 8 nitrogen and oxygen atoms in total. The Labute approximate surface area is 213 Å². The summed E-state index contributed by atoms with van der Waals surface area (Å²) in [5, 5.41) is 3.03. The van der Waals surface area contributed by atoms with Gasteiger partial charge in [-0.05, 0) is 54.4 Å². The molecule has 0 unspecified atom stereocenters. The van der Waals surface area contributed by atoms with E-state index >= 15 is 0 Å². The van der Waals surface area contributed by atoms with Crippen molar-refractivity contribution in [3.63, 3.8) is 0 Å². The van der Waals surface area contributed by atoms with Gasteiger partial charge in [0, 0.05) is 51.4 Å². The lowest BCUT2D eigenvalue weighted by Gasteiger charge is -2.17. The lowest BCUT2D eigenvalue weighted by atomic mass is 10.2. The molecule has 186 valence electrons. The minimum Gasteiger partial charge on any atom is -0.457 e. The average Bonchev–Trinajstić information content (AvgIpc) is 3.23. The van der Waals surface area contributed by atoms with Crippen LogP contribution in [0.3, 0.4) is 0 Å². The molecule has 0 radical (unpaired) electrons. The zero-order valence-corrected chi connectivity index (χ0v) is 20.4. The monoisotopic (exact) mass is 496 g/mol. The minimum atomic E-state index is -0.357. The Kier molecular flexibility index (Phi) is 6.76. The molecule has 2 aromatic carbocycles. The Morgan fingerprint density at radius 1 is 1.03 bits per heavy atom. The Bertz CT molecular complexity index is 1550. The first-order chi connectivity index (χ1) is 18.0. The Balaban J connectivity index is 1.29. The minimum absolute atomic E-state index is 0.191. The molecule has 0 aliphatic rings. The van der Waals surface area contributed by atoms with E-state index in [-0.39, 0.29) is 11.7 Å². The summed E-state index contributed by atoms with van der Waals surface area (Å²) in [7, 11) is 3.60. The molecular weight excluding hydrogens is 471 g/mol. The number of nitrogens with one attached hydrogen (secondary N) is 1. The second kappa shape index (κ2) is 10.4. The number of ether oxygens (including phenoxy) is 1. The van der Waals surface area contributed by atoms with Crippen LogP contribution in [0.5, 0.6) is 11.5 Å². The summed E-state index contributed by atoms with van der Waals surface area (Å²) < 4.78 is 21.9. The van der Waals surface area contributed by atoms with Crippen molar-refractivity contribution in [2.24, 2.45) is 7.05 Å². The topological polar surface area (TPSA) is 85.2 Å². The number of aryl methyl sites for hydroxylation is 1. The van der Waals surface area contributed by atoms with E-state index in [4.69, 9.17) is 4.74 Å². The van der Waals surface area contributed by atoms with Crippen molar-refractivity contribution < 1.29 is 13.9 Å². The maximum Gasteiger partial charge on any atom is 0.272 e. The molecule has 1 N–H and O–H groups in total. The predicted octanol–water partition coefficient (Wildman–Crippen LogP) is 5.35. The van der Waals surface area contributed by atoms with Crippen LogP contribution < -0.4 is 10.1 Å². The number of hydrogen-bond acceptors (Lipinski definition) is 6. The van der Waals surface area contributed by atoms with E-state index in [0.717, 1.165) is 17.5 Å². The van der Waals surface area contributed by atoms with Gasteiger partial charge in [-0.2, -0.15) is 0 Å². The smallest absolute Gasteiger partial charge is 0.272 e. The van der Waals surface area contributed by atoms with Crippen LogP contribution in [0.1, 0.15) is 16.1 Å². The van der Waals surface area contributed by atoms with Crippen molar-refractivity contribution >= 4 is 28.6 Å². The number of nitrogens with zero attached hydrogens (tertiary/aromatic N) is 5. The highest BCUT2D eigenvalue weighted by atomic mass is 19.1. The Hall–Kier alpha value is -4.79. The number of anilines is 2. The zero-order valence-electron chi connectivity index (χ0n) is 20.4. The Morgan fingerprint density at radius 2 is 1.81 bits per heavy atom. The van der Waals surface area contributed by atoms with Gasteiger partial charge >= 0.3 is 0 Å². The highest BCUT2D eigenvalue weighted by Crippen LogP contribution is 2.28. The first-order valence-corrected chi connectivity index (χ1v) is 11.7. The van der Waals surface area contributed by atoms with Crippen LogP contribution in [0.15, 0.2) is 85.3 Å². The number of likely N-dealkylation sites (N-methyl/N-ethyl adjacent to an activating group) is 1. The summed E-state index contributed by atoms with van der Waals surface area (Å²) in [5.74, 6) is 0.997. The van der Waals surface area contributed by atoms with Crippen LogP contribution in [0.4, 0.5) is 16.0 Å². The molecule has 0 saturated carbocycles. The number of pyridine rings is 2. The number of aromatic nitrogens is 4. The number of benzene rings is 2. The molecule has 9 heteroatoms. The molecule has 3 heterocycles. The summed E-state index contributed by atoms with van der Waals surface area (Å²) >= 11 is 0. The SMILES string of the molecule is CN(CCc1ccncc1)C(=O)c1cc(Oc2ccc3c(c2)nc(Nc2ccccc2F)n3C)ccn1. The van der Waals surface area contributed by atoms with Crippen molar-refractivity contribution in [2.75, 3.05) is 18.9 Å². The summed E-state index contributed by atoms with van der Waals surface area (Å²) in [4.78, 5) is 27.4. The van der Waals surface area contributed by atoms with E-state index in [1.54, 1.807) is 66.9 Å². The predicted molar refractivity (Wildman–Crippen MR) is 140 cm³/mol. The van der Waals surface area contributed by atoms with Crippen molar-refractivity contribution in [1.82, 2.24) is 24.4 Å². The van der Waals surface area contributed by atoms with Gasteiger partial charge in [-0.3, -0.25) is 14.8 Å². The standard InChI is InChI=1S/C28H25FN6O2/c1-34(16-12-19-9-13-30-14-10-19)27(36)25-18-21(11-15-31-25)37-20-7-8-26-24(17-20)33-28(35(26)2)32-23-6-4-3-5-22(23)29/h3-11,13-15,17-18H,12,16H2,1-2H3,(H,32,33). The van der Waals surface area contributed by atoms with Gasteiger partial charge in [-0.15, -0.1) is 0 Å². The number of carbonyl (C=O) groups excluding carboxylic acids is 1. The van der Waals surface area contributed by atoms with Crippen LogP contribution in [-0.2, 0) is 13.5 Å². The van der Waals surface area contributed by atoms with E-state index in [1.807, 2.05) is 35.9 Å². The fourth-order valence-corrected chi connectivity index (χ4v) is 3.91. The van der Waals surface area contributed by atoms with Crippen LogP contribution in [0.2, 0.25) is 0 Å². The quantitative estimate of drug-likeness (QED) is 0.312. The largest absolute Gasteiger partial charge is 0.457 e. The molecule has 0 saturated heterocycles. The van der Waals surface area contributed by atoms with Crippen molar-refractivity contribution in [2.45, 2.75) is 6.42 Å². The molecular formula is C28H25FN6O2. The number of fused-ring (bicyclic) bond motifs is 1. The number of para-hydroxylation sites is 1. The molecule has 0 aliphatic heterocycles. The third-order valence-corrected chi connectivity index (χ3v) is 5.99. The van der Waals surface area contributed by atoms with Crippen LogP contribution in [0, 0.1) is 5.82 Å². The average molecular weight is 497 g/mol. The van der Waals surface area contributed by atoms with E-state index in [2.05, 4.69) is 20.3 Å². The summed E-state index contributed by atoms with van der Waals surface area (Å²) in [6.07, 6.45) is 5.75. The maximum atomic E-state index is 14.1. The van der Waals surface area contributed by atoms with Crippen LogP contribution >= 0.6 is 0 Å². The van der Waals surface area contributed by atoms with Gasteiger partial charge in [0.25, 0.3) is 5.91 Å². The fourth-order valence-electron chi connectivity index (χ4n) is 3.91. The van der Waals surface area contributed by atoms with E-state index < -0.39 is 0 Å². The molecule has 1 amide bonds. The van der Waals surface area contributed by atoms with E-state index in [1.165, 1.54) is 6.07 Å². The molecule has 0 fully saturated rings. The van der Waals surface area contributed by atoms with E-state index in [9.17, 15) is 9.18 Å². The maximum absolute atomic E-state index is 14.1. The van der Waals surface area contributed by atoms with Gasteiger partial charge in [-0.25, -0.2) is 9.37 Å². The molecule has 37 heavy (non-hydrogen) atoms. The number of amides is 1. The third kappa shape index (κ3) is 5.40. The number of carbonyl (C=O) groups is 1. The summed E-state index contributed by atoms with van der Waals surface area (Å²) in [5.41, 5.74) is 3.28. The van der Waals surface area contributed by atoms with Gasteiger partial charge in [0.15, 0.2) is 0 Å². The van der Waals surface area contributed by atoms with E-state index in [0.29, 0.717) is 40.9 Å². The molecule has 0 atom stereocenters. The molecule has 3 aromatic heterocycles. The van der Waals surface area contributed by atoms with Crippen molar-refractivity contribution in [3.05, 3.63) is 102 Å². The normalized spacial score (nSPS) is 10.9. The van der Waals surface area contributed by atoms with Gasteiger partial charge in [0.1, 0.15) is 23.0 Å². The third-order valence-electron chi connectivity index (χ3n) is 5.99. The number of imidazole rings is 1. The van der Waals surface area contributed by atoms with Crippen LogP contribution in [-0.4, -0.2) is 43.9 Å². The molecule has 5 rings (SSSR count). The van der Waals surface area contributed by atoms with Crippen molar-refractivity contribution in [1.29, 1.82) is 0 Å². The molecule has 0 spiro atoms. The fraction of sp³-hybridized carbons (Fsp3) is 0.143. The van der Waals surface area contributed by atoms with Gasteiger partial charge in [0.05, 0.1) is 16.7 Å². The van der Waals surface area contributed by atoms with Crippen LogP contribution in [0.25, 0.3) is 11.0 Å². The van der Waals surface area contributed by atoms with Gasteiger partial charge in [-0.1, -0.05) is 12.1 Å². The number of rotatable bonds is 8. The zero-order chi connectivity index (χ0) is 25.8. The molecule has 0 bridgehead atoms. The van der Waals surface area contributed by atoms with Gasteiger partial charge in [0.2, 0.25) is 5.95 Å². The van der Waals surface area contributed by atoms with Crippen molar-refractivity contribution in [3.8, 4) is 11.5 Å².